The first-order chi connectivity index (χ1) is 9.31. The number of hydrogen-bond acceptors (Lipinski definition) is 4. The van der Waals surface area contributed by atoms with Gasteiger partial charge in [0.25, 0.3) is 0 Å². The first kappa shape index (κ1) is 13.4. The van der Waals surface area contributed by atoms with Gasteiger partial charge in [0.05, 0.1) is 12.8 Å². The number of aromatic nitrogens is 2. The predicted molar refractivity (Wildman–Crippen MR) is 69.4 cm³/mol. The van der Waals surface area contributed by atoms with Gasteiger partial charge in [-0.3, -0.25) is 0 Å². The van der Waals surface area contributed by atoms with E-state index in [1.807, 2.05) is 0 Å². The number of benzene rings is 1. The van der Waals surface area contributed by atoms with Crippen molar-refractivity contribution >= 4 is 0 Å². The predicted octanol–water partition coefficient (Wildman–Crippen LogP) is 2.70. The van der Waals surface area contributed by atoms with E-state index in [2.05, 4.69) is 9.97 Å². The SMILES string of the molecule is COCCCOc1ccc(-c2ncncc2F)cc1. The smallest absolute Gasteiger partial charge is 0.167 e. The molecular weight excluding hydrogens is 247 g/mol. The minimum absolute atomic E-state index is 0.293. The van der Waals surface area contributed by atoms with Crippen LogP contribution in [0.5, 0.6) is 5.75 Å². The summed E-state index contributed by atoms with van der Waals surface area (Å²) in [6, 6.07) is 7.14. The van der Waals surface area contributed by atoms with E-state index < -0.39 is 5.82 Å². The zero-order valence-electron chi connectivity index (χ0n) is 10.7. The number of methoxy groups -OCH3 is 1. The summed E-state index contributed by atoms with van der Waals surface area (Å²) in [5.41, 5.74) is 0.991. The molecule has 0 spiro atoms. The fourth-order valence-corrected chi connectivity index (χ4v) is 1.63. The first-order valence-electron chi connectivity index (χ1n) is 5.99. The summed E-state index contributed by atoms with van der Waals surface area (Å²) in [7, 11) is 1.66. The van der Waals surface area contributed by atoms with Gasteiger partial charge in [0.2, 0.25) is 0 Å². The molecule has 0 saturated heterocycles. The quantitative estimate of drug-likeness (QED) is 0.751. The highest BCUT2D eigenvalue weighted by Gasteiger charge is 2.06. The highest BCUT2D eigenvalue weighted by Crippen LogP contribution is 2.22. The van der Waals surface area contributed by atoms with Gasteiger partial charge in [-0.05, 0) is 24.3 Å². The third-order valence-electron chi connectivity index (χ3n) is 2.56. The van der Waals surface area contributed by atoms with Crippen molar-refractivity contribution in [2.45, 2.75) is 6.42 Å². The molecule has 5 heteroatoms. The number of hydrogen-bond donors (Lipinski definition) is 0. The van der Waals surface area contributed by atoms with Crippen LogP contribution in [-0.2, 0) is 4.74 Å². The minimum Gasteiger partial charge on any atom is -0.494 e. The molecule has 0 amide bonds. The Kier molecular flexibility index (Phi) is 4.80. The fourth-order valence-electron chi connectivity index (χ4n) is 1.63. The summed E-state index contributed by atoms with van der Waals surface area (Å²) in [5.74, 6) is 0.311. The summed E-state index contributed by atoms with van der Waals surface area (Å²) in [4.78, 5) is 7.54. The lowest BCUT2D eigenvalue weighted by Crippen LogP contribution is -2.01. The highest BCUT2D eigenvalue weighted by molar-refractivity contribution is 5.60. The van der Waals surface area contributed by atoms with E-state index in [0.29, 0.717) is 24.5 Å². The molecule has 0 bridgehead atoms. The summed E-state index contributed by atoms with van der Waals surface area (Å²) in [5, 5.41) is 0. The number of rotatable bonds is 6. The van der Waals surface area contributed by atoms with E-state index in [4.69, 9.17) is 9.47 Å². The molecule has 19 heavy (non-hydrogen) atoms. The van der Waals surface area contributed by atoms with Crippen LogP contribution in [-0.4, -0.2) is 30.3 Å². The Labute approximate surface area is 111 Å². The average Bonchev–Trinajstić information content (AvgIpc) is 2.45. The normalized spacial score (nSPS) is 10.4. The molecule has 0 aliphatic rings. The summed E-state index contributed by atoms with van der Waals surface area (Å²) >= 11 is 0. The Morgan fingerprint density at radius 1 is 1.16 bits per heavy atom. The van der Waals surface area contributed by atoms with Crippen LogP contribution in [0.2, 0.25) is 0 Å². The van der Waals surface area contributed by atoms with Gasteiger partial charge in [0.15, 0.2) is 5.82 Å². The van der Waals surface area contributed by atoms with Crippen LogP contribution in [0, 0.1) is 5.82 Å². The van der Waals surface area contributed by atoms with Gasteiger partial charge < -0.3 is 9.47 Å². The zero-order valence-corrected chi connectivity index (χ0v) is 10.7. The van der Waals surface area contributed by atoms with Crippen molar-refractivity contribution in [2.24, 2.45) is 0 Å². The Balaban J connectivity index is 2.01. The van der Waals surface area contributed by atoms with Crippen molar-refractivity contribution < 1.29 is 13.9 Å². The van der Waals surface area contributed by atoms with Crippen LogP contribution >= 0.6 is 0 Å². The molecule has 1 heterocycles. The second-order valence-electron chi connectivity index (χ2n) is 3.94. The second-order valence-corrected chi connectivity index (χ2v) is 3.94. The van der Waals surface area contributed by atoms with E-state index in [1.165, 1.54) is 6.33 Å². The van der Waals surface area contributed by atoms with E-state index in [0.717, 1.165) is 18.4 Å². The van der Waals surface area contributed by atoms with Gasteiger partial charge in [-0.1, -0.05) is 0 Å². The van der Waals surface area contributed by atoms with Crippen LogP contribution < -0.4 is 4.74 Å². The van der Waals surface area contributed by atoms with E-state index in [1.54, 1.807) is 31.4 Å². The van der Waals surface area contributed by atoms with Crippen molar-refractivity contribution in [2.75, 3.05) is 20.3 Å². The van der Waals surface area contributed by atoms with Crippen molar-refractivity contribution in [3.05, 3.63) is 42.6 Å². The molecule has 0 fully saturated rings. The summed E-state index contributed by atoms with van der Waals surface area (Å²) in [6.45, 7) is 1.26. The molecule has 2 rings (SSSR count). The number of halogens is 1. The van der Waals surface area contributed by atoms with Gasteiger partial charge in [0, 0.05) is 25.7 Å². The highest BCUT2D eigenvalue weighted by atomic mass is 19.1. The van der Waals surface area contributed by atoms with Gasteiger partial charge in [-0.25, -0.2) is 14.4 Å². The Morgan fingerprint density at radius 3 is 2.63 bits per heavy atom. The summed E-state index contributed by atoms with van der Waals surface area (Å²) in [6.07, 6.45) is 3.31. The molecule has 2 aromatic rings. The fraction of sp³-hybridized carbons (Fsp3) is 0.286. The first-order valence-corrected chi connectivity index (χ1v) is 5.99. The van der Waals surface area contributed by atoms with Crippen molar-refractivity contribution in [3.63, 3.8) is 0 Å². The molecule has 0 N–H and O–H groups in total. The third-order valence-corrected chi connectivity index (χ3v) is 2.56. The average molecular weight is 262 g/mol. The van der Waals surface area contributed by atoms with E-state index in [-0.39, 0.29) is 0 Å². The molecule has 0 aliphatic carbocycles. The molecule has 4 nitrogen and oxygen atoms in total. The van der Waals surface area contributed by atoms with Crippen molar-refractivity contribution in [1.82, 2.24) is 9.97 Å². The van der Waals surface area contributed by atoms with Gasteiger partial charge in [-0.15, -0.1) is 0 Å². The lowest BCUT2D eigenvalue weighted by atomic mass is 10.1. The van der Waals surface area contributed by atoms with Crippen LogP contribution in [0.4, 0.5) is 4.39 Å². The standard InChI is InChI=1S/C14H15FN2O2/c1-18-7-2-8-19-12-5-3-11(4-6-12)14-13(15)9-16-10-17-14/h3-6,9-10H,2,7-8H2,1H3. The zero-order chi connectivity index (χ0) is 13.5. The Morgan fingerprint density at radius 2 is 1.95 bits per heavy atom. The van der Waals surface area contributed by atoms with E-state index >= 15 is 0 Å². The lowest BCUT2D eigenvalue weighted by Gasteiger charge is -2.07. The Bertz CT molecular complexity index is 517. The molecule has 0 aliphatic heterocycles. The second kappa shape index (κ2) is 6.80. The van der Waals surface area contributed by atoms with Gasteiger partial charge in [0.1, 0.15) is 17.8 Å². The lowest BCUT2D eigenvalue weighted by molar-refractivity contribution is 0.172. The van der Waals surface area contributed by atoms with Crippen LogP contribution in [0.1, 0.15) is 6.42 Å². The largest absolute Gasteiger partial charge is 0.494 e. The maximum atomic E-state index is 13.5. The molecule has 0 unspecified atom stereocenters. The summed E-state index contributed by atoms with van der Waals surface area (Å²) < 4.78 is 23.9. The monoisotopic (exact) mass is 262 g/mol. The molecule has 0 saturated carbocycles. The number of ether oxygens (including phenoxy) is 2. The van der Waals surface area contributed by atoms with Crippen LogP contribution in [0.25, 0.3) is 11.3 Å². The van der Waals surface area contributed by atoms with Crippen LogP contribution in [0.15, 0.2) is 36.8 Å². The maximum absolute atomic E-state index is 13.5. The van der Waals surface area contributed by atoms with Gasteiger partial charge >= 0.3 is 0 Å². The molecule has 1 aromatic heterocycles. The maximum Gasteiger partial charge on any atom is 0.167 e. The van der Waals surface area contributed by atoms with Crippen molar-refractivity contribution in [3.8, 4) is 17.0 Å². The topological polar surface area (TPSA) is 44.2 Å². The third kappa shape index (κ3) is 3.72. The van der Waals surface area contributed by atoms with Gasteiger partial charge in [-0.2, -0.15) is 0 Å². The van der Waals surface area contributed by atoms with Crippen molar-refractivity contribution in [1.29, 1.82) is 0 Å². The molecule has 0 radical (unpaired) electrons. The number of nitrogens with zero attached hydrogens (tertiary/aromatic N) is 2. The molecule has 1 aromatic carbocycles. The van der Waals surface area contributed by atoms with Crippen LogP contribution in [0.3, 0.4) is 0 Å². The molecule has 100 valence electrons. The molecule has 0 atom stereocenters. The molecular formula is C14H15FN2O2. The van der Waals surface area contributed by atoms with E-state index in [9.17, 15) is 4.39 Å². The minimum atomic E-state index is -0.434. The Hall–Kier alpha value is -2.01.